The molecule has 0 radical (unpaired) electrons. The van der Waals surface area contributed by atoms with Crippen molar-refractivity contribution in [1.29, 1.82) is 0 Å². The van der Waals surface area contributed by atoms with Crippen molar-refractivity contribution in [1.82, 2.24) is 4.98 Å². The van der Waals surface area contributed by atoms with E-state index in [4.69, 9.17) is 10.5 Å². The molecule has 0 spiro atoms. The standard InChI is InChI=1S/C10H10N2OS.HI/c1-13-8-4-2-3-7(5-8)9-6-14-10(11)12-9;/h2-6H,1H3,(H2,11,12);1H. The van der Waals surface area contributed by atoms with E-state index in [0.29, 0.717) is 5.13 Å². The van der Waals surface area contributed by atoms with Crippen molar-refractivity contribution < 1.29 is 4.74 Å². The largest absolute Gasteiger partial charge is 0.497 e. The topological polar surface area (TPSA) is 48.1 Å². The van der Waals surface area contributed by atoms with Crippen LogP contribution in [0, 0.1) is 0 Å². The van der Waals surface area contributed by atoms with Gasteiger partial charge in [0.25, 0.3) is 0 Å². The Morgan fingerprint density at radius 1 is 1.40 bits per heavy atom. The zero-order valence-electron chi connectivity index (χ0n) is 8.14. The van der Waals surface area contributed by atoms with E-state index in [2.05, 4.69) is 4.98 Å². The fourth-order valence-electron chi connectivity index (χ4n) is 1.20. The number of benzene rings is 1. The molecule has 0 aliphatic rings. The Labute approximate surface area is 109 Å². The molecule has 0 amide bonds. The molecule has 1 heterocycles. The predicted octanol–water partition coefficient (Wildman–Crippen LogP) is 3.02. The SMILES string of the molecule is COc1cccc(-c2csc(N)n2)c1.I. The number of halogens is 1. The van der Waals surface area contributed by atoms with Crippen LogP contribution in [0.25, 0.3) is 11.3 Å². The summed E-state index contributed by atoms with van der Waals surface area (Å²) in [4.78, 5) is 4.20. The molecule has 1 aromatic heterocycles. The maximum absolute atomic E-state index is 5.56. The fraction of sp³-hybridized carbons (Fsp3) is 0.100. The van der Waals surface area contributed by atoms with E-state index in [1.807, 2.05) is 29.6 Å². The molecule has 2 aromatic rings. The van der Waals surface area contributed by atoms with Gasteiger partial charge in [0.15, 0.2) is 5.13 Å². The van der Waals surface area contributed by atoms with Gasteiger partial charge in [-0.2, -0.15) is 0 Å². The fourth-order valence-corrected chi connectivity index (χ4v) is 1.77. The first-order valence-electron chi connectivity index (χ1n) is 4.15. The van der Waals surface area contributed by atoms with Crippen LogP contribution >= 0.6 is 35.3 Å². The minimum absolute atomic E-state index is 0. The van der Waals surface area contributed by atoms with Crippen LogP contribution in [0.5, 0.6) is 5.75 Å². The van der Waals surface area contributed by atoms with E-state index >= 15 is 0 Å². The molecule has 15 heavy (non-hydrogen) atoms. The molecule has 0 saturated carbocycles. The number of nitrogens with two attached hydrogens (primary N) is 1. The van der Waals surface area contributed by atoms with Crippen molar-refractivity contribution >= 4 is 40.4 Å². The normalized spacial score (nSPS) is 9.40. The predicted molar refractivity (Wildman–Crippen MR) is 73.9 cm³/mol. The third-order valence-electron chi connectivity index (χ3n) is 1.89. The van der Waals surface area contributed by atoms with Crippen molar-refractivity contribution in [3.8, 4) is 17.0 Å². The minimum Gasteiger partial charge on any atom is -0.497 e. The Hall–Kier alpha value is -0.820. The van der Waals surface area contributed by atoms with Crippen molar-refractivity contribution in [3.63, 3.8) is 0 Å². The number of ether oxygens (including phenoxy) is 1. The van der Waals surface area contributed by atoms with Gasteiger partial charge in [-0.3, -0.25) is 0 Å². The number of anilines is 1. The zero-order valence-corrected chi connectivity index (χ0v) is 11.3. The summed E-state index contributed by atoms with van der Waals surface area (Å²) in [6, 6.07) is 7.76. The summed E-state index contributed by atoms with van der Waals surface area (Å²) in [5, 5.41) is 2.52. The summed E-state index contributed by atoms with van der Waals surface area (Å²) in [5.41, 5.74) is 7.48. The van der Waals surface area contributed by atoms with Crippen LogP contribution in [0.2, 0.25) is 0 Å². The monoisotopic (exact) mass is 334 g/mol. The minimum atomic E-state index is 0. The van der Waals surface area contributed by atoms with Gasteiger partial charge in [-0.15, -0.1) is 35.3 Å². The molecular formula is C10H11IN2OS. The van der Waals surface area contributed by atoms with Crippen LogP contribution in [0.3, 0.4) is 0 Å². The first-order chi connectivity index (χ1) is 6.79. The molecule has 0 unspecified atom stereocenters. The summed E-state index contributed by atoms with van der Waals surface area (Å²) in [6.07, 6.45) is 0. The lowest BCUT2D eigenvalue weighted by Crippen LogP contribution is -1.85. The average Bonchev–Trinajstić information content (AvgIpc) is 2.65. The van der Waals surface area contributed by atoms with E-state index in [9.17, 15) is 0 Å². The van der Waals surface area contributed by atoms with E-state index in [1.54, 1.807) is 7.11 Å². The third-order valence-corrected chi connectivity index (χ3v) is 2.56. The molecule has 80 valence electrons. The van der Waals surface area contributed by atoms with Gasteiger partial charge < -0.3 is 10.5 Å². The lowest BCUT2D eigenvalue weighted by molar-refractivity contribution is 0.415. The highest BCUT2D eigenvalue weighted by atomic mass is 127. The van der Waals surface area contributed by atoms with Gasteiger partial charge in [-0.25, -0.2) is 4.98 Å². The number of thiazole rings is 1. The highest BCUT2D eigenvalue weighted by Gasteiger charge is 2.02. The van der Waals surface area contributed by atoms with Crippen molar-refractivity contribution in [2.75, 3.05) is 12.8 Å². The molecule has 0 fully saturated rings. The molecule has 2 N–H and O–H groups in total. The van der Waals surface area contributed by atoms with Crippen molar-refractivity contribution in [2.24, 2.45) is 0 Å². The summed E-state index contributed by atoms with van der Waals surface area (Å²) in [5.74, 6) is 0.828. The Bertz CT molecular complexity index is 444. The number of hydrogen-bond donors (Lipinski definition) is 1. The molecule has 0 atom stereocenters. The molecule has 3 nitrogen and oxygen atoms in total. The Kier molecular flexibility index (Phi) is 4.34. The molecule has 0 aliphatic heterocycles. The maximum Gasteiger partial charge on any atom is 0.180 e. The number of aromatic nitrogens is 1. The second-order valence-electron chi connectivity index (χ2n) is 2.80. The van der Waals surface area contributed by atoms with Gasteiger partial charge in [0.05, 0.1) is 12.8 Å². The second kappa shape index (κ2) is 5.32. The first-order valence-corrected chi connectivity index (χ1v) is 5.03. The maximum atomic E-state index is 5.56. The van der Waals surface area contributed by atoms with Crippen molar-refractivity contribution in [2.45, 2.75) is 0 Å². The van der Waals surface area contributed by atoms with Crippen LogP contribution in [-0.2, 0) is 0 Å². The number of methoxy groups -OCH3 is 1. The molecule has 2 rings (SSSR count). The smallest absolute Gasteiger partial charge is 0.180 e. The van der Waals surface area contributed by atoms with E-state index in [1.165, 1.54) is 11.3 Å². The van der Waals surface area contributed by atoms with E-state index in [0.717, 1.165) is 17.0 Å². The Morgan fingerprint density at radius 2 is 2.20 bits per heavy atom. The molecule has 1 aromatic carbocycles. The second-order valence-corrected chi connectivity index (χ2v) is 3.69. The van der Waals surface area contributed by atoms with Gasteiger partial charge in [-0.1, -0.05) is 12.1 Å². The van der Waals surface area contributed by atoms with Gasteiger partial charge >= 0.3 is 0 Å². The molecule has 5 heteroatoms. The number of nitrogen functional groups attached to an aromatic ring is 1. The summed E-state index contributed by atoms with van der Waals surface area (Å²) in [7, 11) is 1.65. The van der Waals surface area contributed by atoms with E-state index < -0.39 is 0 Å². The lowest BCUT2D eigenvalue weighted by atomic mass is 10.2. The average molecular weight is 334 g/mol. The number of nitrogens with zero attached hydrogens (tertiary/aromatic N) is 1. The molecular weight excluding hydrogens is 323 g/mol. The van der Waals surface area contributed by atoms with Crippen LogP contribution in [0.4, 0.5) is 5.13 Å². The van der Waals surface area contributed by atoms with Crippen LogP contribution < -0.4 is 10.5 Å². The zero-order chi connectivity index (χ0) is 9.97. The van der Waals surface area contributed by atoms with Crippen molar-refractivity contribution in [3.05, 3.63) is 29.6 Å². The molecule has 0 saturated heterocycles. The Balaban J connectivity index is 0.00000112. The first kappa shape index (κ1) is 12.3. The molecule has 0 aliphatic carbocycles. The number of rotatable bonds is 2. The Morgan fingerprint density at radius 3 is 2.80 bits per heavy atom. The quantitative estimate of drug-likeness (QED) is 0.859. The highest BCUT2D eigenvalue weighted by Crippen LogP contribution is 2.25. The van der Waals surface area contributed by atoms with Gasteiger partial charge in [-0.05, 0) is 12.1 Å². The van der Waals surface area contributed by atoms with E-state index in [-0.39, 0.29) is 24.0 Å². The summed E-state index contributed by atoms with van der Waals surface area (Å²) < 4.78 is 5.13. The summed E-state index contributed by atoms with van der Waals surface area (Å²) in [6.45, 7) is 0. The van der Waals surface area contributed by atoms with Crippen LogP contribution in [0.15, 0.2) is 29.6 Å². The van der Waals surface area contributed by atoms with Crippen LogP contribution in [0.1, 0.15) is 0 Å². The highest BCUT2D eigenvalue weighted by molar-refractivity contribution is 14.0. The van der Waals surface area contributed by atoms with Gasteiger partial charge in [0, 0.05) is 10.9 Å². The van der Waals surface area contributed by atoms with Crippen LogP contribution in [-0.4, -0.2) is 12.1 Å². The van der Waals surface area contributed by atoms with Gasteiger partial charge in [0.2, 0.25) is 0 Å². The lowest BCUT2D eigenvalue weighted by Gasteiger charge is -2.01. The third kappa shape index (κ3) is 2.82. The number of hydrogen-bond acceptors (Lipinski definition) is 4. The molecule has 0 bridgehead atoms. The summed E-state index contributed by atoms with van der Waals surface area (Å²) >= 11 is 1.44. The van der Waals surface area contributed by atoms with Gasteiger partial charge in [0.1, 0.15) is 5.75 Å².